The summed E-state index contributed by atoms with van der Waals surface area (Å²) in [6.07, 6.45) is 5.35. The minimum absolute atomic E-state index is 0.312. The highest BCUT2D eigenvalue weighted by Crippen LogP contribution is 2.26. The quantitative estimate of drug-likeness (QED) is 0.763. The summed E-state index contributed by atoms with van der Waals surface area (Å²) in [5.41, 5.74) is 7.62. The van der Waals surface area contributed by atoms with Crippen molar-refractivity contribution in [2.75, 3.05) is 5.32 Å². The number of para-hydroxylation sites is 1. The molecule has 4 rings (SSSR count). The van der Waals surface area contributed by atoms with Crippen LogP contribution >= 0.6 is 0 Å². The molecule has 0 unspecified atom stereocenters. The molecule has 0 saturated heterocycles. The first-order chi connectivity index (χ1) is 10.3. The average Bonchev–Trinajstić information content (AvgIpc) is 2.91. The third-order valence-corrected chi connectivity index (χ3v) is 3.88. The first-order valence-corrected chi connectivity index (χ1v) is 7.07. The molecule has 0 atom stereocenters. The largest absolute Gasteiger partial charge is 0.367 e. The van der Waals surface area contributed by atoms with Crippen molar-refractivity contribution < 1.29 is 0 Å². The molecule has 1 aromatic carbocycles. The van der Waals surface area contributed by atoms with E-state index in [2.05, 4.69) is 20.4 Å². The van der Waals surface area contributed by atoms with E-state index in [1.807, 2.05) is 41.2 Å². The van der Waals surface area contributed by atoms with Gasteiger partial charge in [-0.3, -0.25) is 0 Å². The highest BCUT2D eigenvalue weighted by atomic mass is 15.3. The summed E-state index contributed by atoms with van der Waals surface area (Å²) in [6, 6.07) is 10.7. The van der Waals surface area contributed by atoms with Crippen molar-refractivity contribution >= 4 is 16.9 Å². The zero-order valence-electron chi connectivity index (χ0n) is 11.5. The molecule has 3 aromatic rings. The Bertz CT molecular complexity index is 760. The minimum atomic E-state index is 0.312. The van der Waals surface area contributed by atoms with Crippen molar-refractivity contribution in [3.63, 3.8) is 0 Å². The van der Waals surface area contributed by atoms with Gasteiger partial charge in [0.15, 0.2) is 5.65 Å². The van der Waals surface area contributed by atoms with E-state index in [9.17, 15) is 0 Å². The van der Waals surface area contributed by atoms with Gasteiger partial charge in [0.1, 0.15) is 12.1 Å². The van der Waals surface area contributed by atoms with Crippen LogP contribution in [0, 0.1) is 0 Å². The SMILES string of the molecule is NC1CC(Nc2ncnc3c2cnn3-c2ccccc2)C1. The monoisotopic (exact) mass is 280 g/mol. The van der Waals surface area contributed by atoms with Gasteiger partial charge in [0.05, 0.1) is 17.3 Å². The lowest BCUT2D eigenvalue weighted by Gasteiger charge is -2.33. The molecule has 1 saturated carbocycles. The molecule has 0 aliphatic heterocycles. The minimum Gasteiger partial charge on any atom is -0.367 e. The van der Waals surface area contributed by atoms with E-state index in [0.717, 1.165) is 35.4 Å². The molecule has 6 heteroatoms. The number of nitrogens with two attached hydrogens (primary N) is 1. The van der Waals surface area contributed by atoms with Gasteiger partial charge in [0, 0.05) is 12.1 Å². The standard InChI is InChI=1S/C15H16N6/c16-10-6-11(7-10)20-14-13-8-19-21(15(13)18-9-17-14)12-4-2-1-3-5-12/h1-5,8-11H,6-7,16H2,(H,17,18,20). The molecule has 0 amide bonds. The first kappa shape index (κ1) is 12.3. The summed E-state index contributed by atoms with van der Waals surface area (Å²) in [6.45, 7) is 0. The average molecular weight is 280 g/mol. The van der Waals surface area contributed by atoms with E-state index >= 15 is 0 Å². The lowest BCUT2D eigenvalue weighted by molar-refractivity contribution is 0.373. The summed E-state index contributed by atoms with van der Waals surface area (Å²) in [4.78, 5) is 8.71. The van der Waals surface area contributed by atoms with Crippen LogP contribution in [0.1, 0.15) is 12.8 Å². The van der Waals surface area contributed by atoms with Crippen molar-refractivity contribution in [3.05, 3.63) is 42.9 Å². The van der Waals surface area contributed by atoms with Crippen molar-refractivity contribution in [3.8, 4) is 5.69 Å². The normalized spacial score (nSPS) is 21.2. The summed E-state index contributed by atoms with van der Waals surface area (Å²) in [5, 5.41) is 8.81. The van der Waals surface area contributed by atoms with Gasteiger partial charge in [-0.1, -0.05) is 18.2 Å². The molecule has 2 aromatic heterocycles. The second-order valence-electron chi connectivity index (χ2n) is 5.42. The molecule has 2 heterocycles. The third-order valence-electron chi connectivity index (χ3n) is 3.88. The van der Waals surface area contributed by atoms with Gasteiger partial charge in [0.25, 0.3) is 0 Å². The van der Waals surface area contributed by atoms with Crippen LogP contribution in [0.3, 0.4) is 0 Å². The number of rotatable bonds is 3. The highest BCUT2D eigenvalue weighted by Gasteiger charge is 2.26. The molecule has 0 bridgehead atoms. The van der Waals surface area contributed by atoms with E-state index in [4.69, 9.17) is 5.73 Å². The molecule has 106 valence electrons. The predicted octanol–water partition coefficient (Wildman–Crippen LogP) is 1.72. The second-order valence-corrected chi connectivity index (χ2v) is 5.42. The molecular weight excluding hydrogens is 264 g/mol. The Kier molecular flexibility index (Phi) is 2.82. The maximum atomic E-state index is 5.83. The number of anilines is 1. The van der Waals surface area contributed by atoms with Gasteiger partial charge >= 0.3 is 0 Å². The van der Waals surface area contributed by atoms with Crippen LogP contribution in [-0.4, -0.2) is 31.8 Å². The molecule has 1 aliphatic carbocycles. The number of fused-ring (bicyclic) bond motifs is 1. The third kappa shape index (κ3) is 2.13. The lowest BCUT2D eigenvalue weighted by atomic mass is 9.87. The second kappa shape index (κ2) is 4.82. The maximum Gasteiger partial charge on any atom is 0.168 e. The van der Waals surface area contributed by atoms with E-state index in [1.54, 1.807) is 6.33 Å². The number of hydrogen-bond donors (Lipinski definition) is 2. The zero-order valence-corrected chi connectivity index (χ0v) is 11.5. The molecule has 0 radical (unpaired) electrons. The molecule has 1 fully saturated rings. The van der Waals surface area contributed by atoms with Crippen molar-refractivity contribution in [1.82, 2.24) is 19.7 Å². The summed E-state index contributed by atoms with van der Waals surface area (Å²) >= 11 is 0. The number of benzene rings is 1. The van der Waals surface area contributed by atoms with E-state index < -0.39 is 0 Å². The van der Waals surface area contributed by atoms with E-state index in [-0.39, 0.29) is 0 Å². The van der Waals surface area contributed by atoms with Crippen LogP contribution in [0.15, 0.2) is 42.9 Å². The van der Waals surface area contributed by atoms with Crippen LogP contribution < -0.4 is 11.1 Å². The number of nitrogens with one attached hydrogen (secondary N) is 1. The predicted molar refractivity (Wildman–Crippen MR) is 81.3 cm³/mol. The topological polar surface area (TPSA) is 81.7 Å². The Morgan fingerprint density at radius 2 is 1.95 bits per heavy atom. The molecule has 3 N–H and O–H groups in total. The fourth-order valence-corrected chi connectivity index (χ4v) is 2.69. The van der Waals surface area contributed by atoms with Gasteiger partial charge in [-0.05, 0) is 25.0 Å². The molecule has 6 nitrogen and oxygen atoms in total. The number of nitrogens with zero attached hydrogens (tertiary/aromatic N) is 4. The smallest absolute Gasteiger partial charge is 0.168 e. The Labute approximate surface area is 122 Å². The Balaban J connectivity index is 1.73. The maximum absolute atomic E-state index is 5.83. The molecule has 21 heavy (non-hydrogen) atoms. The summed E-state index contributed by atoms with van der Waals surface area (Å²) < 4.78 is 1.83. The summed E-state index contributed by atoms with van der Waals surface area (Å²) in [5.74, 6) is 0.832. The number of aromatic nitrogens is 4. The van der Waals surface area contributed by atoms with Gasteiger partial charge < -0.3 is 11.1 Å². The van der Waals surface area contributed by atoms with E-state index in [1.165, 1.54) is 0 Å². The van der Waals surface area contributed by atoms with Gasteiger partial charge in [-0.2, -0.15) is 5.10 Å². The van der Waals surface area contributed by atoms with Crippen molar-refractivity contribution in [2.24, 2.45) is 5.73 Å². The van der Waals surface area contributed by atoms with Crippen LogP contribution in [0.25, 0.3) is 16.7 Å². The van der Waals surface area contributed by atoms with Crippen molar-refractivity contribution in [2.45, 2.75) is 24.9 Å². The van der Waals surface area contributed by atoms with Gasteiger partial charge in [0.2, 0.25) is 0 Å². The Morgan fingerprint density at radius 3 is 2.71 bits per heavy atom. The fraction of sp³-hybridized carbons (Fsp3) is 0.267. The van der Waals surface area contributed by atoms with Gasteiger partial charge in [-0.25, -0.2) is 14.6 Å². The highest BCUT2D eigenvalue weighted by molar-refractivity contribution is 5.87. The van der Waals surface area contributed by atoms with Crippen LogP contribution in [0.4, 0.5) is 5.82 Å². The summed E-state index contributed by atoms with van der Waals surface area (Å²) in [7, 11) is 0. The number of hydrogen-bond acceptors (Lipinski definition) is 5. The first-order valence-electron chi connectivity index (χ1n) is 7.07. The van der Waals surface area contributed by atoms with Crippen LogP contribution in [-0.2, 0) is 0 Å². The van der Waals surface area contributed by atoms with Crippen LogP contribution in [0.2, 0.25) is 0 Å². The van der Waals surface area contributed by atoms with E-state index in [0.29, 0.717) is 12.1 Å². The fourth-order valence-electron chi connectivity index (χ4n) is 2.69. The Hall–Kier alpha value is -2.47. The zero-order chi connectivity index (χ0) is 14.2. The lowest BCUT2D eigenvalue weighted by Crippen LogP contribution is -2.44. The molecule has 0 spiro atoms. The van der Waals surface area contributed by atoms with Gasteiger partial charge in [-0.15, -0.1) is 0 Å². The van der Waals surface area contributed by atoms with Crippen LogP contribution in [0.5, 0.6) is 0 Å². The van der Waals surface area contributed by atoms with Crippen molar-refractivity contribution in [1.29, 1.82) is 0 Å². The molecule has 1 aliphatic rings. The Morgan fingerprint density at radius 1 is 1.14 bits per heavy atom. The molecular formula is C15H16N6.